The van der Waals surface area contributed by atoms with Gasteiger partial charge in [0.25, 0.3) is 5.91 Å². The molecular weight excluding hydrogens is 378 g/mol. The fraction of sp³-hybridized carbons (Fsp3) is 0.240. The molecule has 30 heavy (non-hydrogen) atoms. The van der Waals surface area contributed by atoms with Gasteiger partial charge in [0.2, 0.25) is 0 Å². The standard InChI is InChI=1S/C25H27NO4/c1-19(2)18-30-24-14-7-6-13-23(24)25(27)26-20-9-8-12-22(17-20)29-16-15-28-21-10-4-3-5-11-21/h3-14,17,19H,15-16,18H2,1-2H3,(H,26,27). The molecule has 0 spiro atoms. The van der Waals surface area contributed by atoms with Gasteiger partial charge >= 0.3 is 0 Å². The smallest absolute Gasteiger partial charge is 0.259 e. The molecule has 0 fully saturated rings. The first kappa shape index (κ1) is 21.2. The largest absolute Gasteiger partial charge is 0.492 e. The molecule has 0 bridgehead atoms. The summed E-state index contributed by atoms with van der Waals surface area (Å²) in [6, 6.07) is 24.1. The van der Waals surface area contributed by atoms with Crippen molar-refractivity contribution in [3.05, 3.63) is 84.4 Å². The molecule has 0 heterocycles. The molecule has 0 unspecified atom stereocenters. The third-order valence-corrected chi connectivity index (χ3v) is 4.16. The van der Waals surface area contributed by atoms with E-state index in [1.54, 1.807) is 12.1 Å². The first-order chi connectivity index (χ1) is 14.6. The van der Waals surface area contributed by atoms with Gasteiger partial charge in [0.1, 0.15) is 30.5 Å². The van der Waals surface area contributed by atoms with Gasteiger partial charge in [-0.1, -0.05) is 50.2 Å². The van der Waals surface area contributed by atoms with Gasteiger partial charge < -0.3 is 19.5 Å². The Morgan fingerprint density at radius 1 is 0.800 bits per heavy atom. The van der Waals surface area contributed by atoms with E-state index >= 15 is 0 Å². The van der Waals surface area contributed by atoms with Crippen LogP contribution in [0.1, 0.15) is 24.2 Å². The molecule has 156 valence electrons. The van der Waals surface area contributed by atoms with Crippen LogP contribution in [-0.4, -0.2) is 25.7 Å². The maximum absolute atomic E-state index is 12.8. The van der Waals surface area contributed by atoms with Crippen molar-refractivity contribution >= 4 is 11.6 Å². The second-order valence-electron chi connectivity index (χ2n) is 7.19. The van der Waals surface area contributed by atoms with Crippen molar-refractivity contribution in [3.63, 3.8) is 0 Å². The summed E-state index contributed by atoms with van der Waals surface area (Å²) < 4.78 is 17.2. The Kier molecular flexibility index (Phi) is 7.72. The van der Waals surface area contributed by atoms with Gasteiger partial charge in [-0.25, -0.2) is 0 Å². The van der Waals surface area contributed by atoms with E-state index in [4.69, 9.17) is 14.2 Å². The van der Waals surface area contributed by atoms with Crippen LogP contribution in [0.3, 0.4) is 0 Å². The highest BCUT2D eigenvalue weighted by Crippen LogP contribution is 2.22. The lowest BCUT2D eigenvalue weighted by Gasteiger charge is -2.14. The lowest BCUT2D eigenvalue weighted by Crippen LogP contribution is -2.15. The number of hydrogen-bond acceptors (Lipinski definition) is 4. The molecule has 0 aliphatic rings. The number of hydrogen-bond donors (Lipinski definition) is 1. The van der Waals surface area contributed by atoms with E-state index in [1.807, 2.05) is 66.7 Å². The summed E-state index contributed by atoms with van der Waals surface area (Å²) in [5.41, 5.74) is 1.15. The number of anilines is 1. The summed E-state index contributed by atoms with van der Waals surface area (Å²) in [5.74, 6) is 2.20. The number of rotatable bonds is 10. The van der Waals surface area contributed by atoms with Crippen LogP contribution in [-0.2, 0) is 0 Å². The Bertz CT molecular complexity index is 941. The quantitative estimate of drug-likeness (QED) is 0.457. The number of carbonyl (C=O) groups is 1. The van der Waals surface area contributed by atoms with Crippen LogP contribution in [0.4, 0.5) is 5.69 Å². The number of ether oxygens (including phenoxy) is 3. The third-order valence-electron chi connectivity index (χ3n) is 4.16. The van der Waals surface area contributed by atoms with Crippen LogP contribution in [0.25, 0.3) is 0 Å². The summed E-state index contributed by atoms with van der Waals surface area (Å²) in [6.07, 6.45) is 0. The van der Waals surface area contributed by atoms with Crippen molar-refractivity contribution in [1.82, 2.24) is 0 Å². The van der Waals surface area contributed by atoms with E-state index in [0.717, 1.165) is 5.75 Å². The minimum atomic E-state index is -0.223. The van der Waals surface area contributed by atoms with Crippen molar-refractivity contribution < 1.29 is 19.0 Å². The second kappa shape index (κ2) is 10.9. The first-order valence-corrected chi connectivity index (χ1v) is 10.1. The average Bonchev–Trinajstić information content (AvgIpc) is 2.76. The van der Waals surface area contributed by atoms with Crippen molar-refractivity contribution in [3.8, 4) is 17.2 Å². The number of para-hydroxylation sites is 2. The number of nitrogens with one attached hydrogen (secondary N) is 1. The molecule has 0 saturated heterocycles. The van der Waals surface area contributed by atoms with Crippen LogP contribution in [0, 0.1) is 5.92 Å². The molecule has 0 aliphatic carbocycles. The summed E-state index contributed by atoms with van der Waals surface area (Å²) >= 11 is 0. The molecule has 3 aromatic carbocycles. The molecule has 0 aromatic heterocycles. The molecule has 1 amide bonds. The molecular formula is C25H27NO4. The van der Waals surface area contributed by atoms with Gasteiger partial charge in [-0.2, -0.15) is 0 Å². The highest BCUT2D eigenvalue weighted by Gasteiger charge is 2.13. The molecule has 0 aliphatic heterocycles. The van der Waals surface area contributed by atoms with E-state index in [0.29, 0.717) is 48.5 Å². The van der Waals surface area contributed by atoms with Crippen LogP contribution < -0.4 is 19.5 Å². The van der Waals surface area contributed by atoms with Crippen LogP contribution >= 0.6 is 0 Å². The Morgan fingerprint density at radius 3 is 2.23 bits per heavy atom. The third kappa shape index (κ3) is 6.55. The molecule has 0 saturated carbocycles. The molecule has 3 rings (SSSR count). The van der Waals surface area contributed by atoms with Gasteiger partial charge in [-0.3, -0.25) is 4.79 Å². The van der Waals surface area contributed by atoms with Crippen LogP contribution in [0.15, 0.2) is 78.9 Å². The highest BCUT2D eigenvalue weighted by atomic mass is 16.5. The van der Waals surface area contributed by atoms with E-state index in [2.05, 4.69) is 19.2 Å². The van der Waals surface area contributed by atoms with Crippen molar-refractivity contribution in [2.45, 2.75) is 13.8 Å². The summed E-state index contributed by atoms with van der Waals surface area (Å²) in [6.45, 7) is 5.52. The van der Waals surface area contributed by atoms with Gasteiger partial charge in [0, 0.05) is 11.8 Å². The van der Waals surface area contributed by atoms with Crippen LogP contribution in [0.5, 0.6) is 17.2 Å². The Hall–Kier alpha value is -3.47. The van der Waals surface area contributed by atoms with Crippen molar-refractivity contribution in [1.29, 1.82) is 0 Å². The zero-order valence-electron chi connectivity index (χ0n) is 17.3. The molecule has 0 radical (unpaired) electrons. The normalized spacial score (nSPS) is 10.5. The predicted octanol–water partition coefficient (Wildman–Crippen LogP) is 5.43. The number of amides is 1. The summed E-state index contributed by atoms with van der Waals surface area (Å²) in [5, 5.41) is 2.91. The topological polar surface area (TPSA) is 56.8 Å². The van der Waals surface area contributed by atoms with E-state index in [-0.39, 0.29) is 5.91 Å². The Balaban J connectivity index is 1.55. The Morgan fingerprint density at radius 2 is 1.47 bits per heavy atom. The van der Waals surface area contributed by atoms with Crippen LogP contribution in [0.2, 0.25) is 0 Å². The van der Waals surface area contributed by atoms with Gasteiger partial charge in [-0.15, -0.1) is 0 Å². The number of benzene rings is 3. The second-order valence-corrected chi connectivity index (χ2v) is 7.19. The molecule has 1 N–H and O–H groups in total. The van der Waals surface area contributed by atoms with Gasteiger partial charge in [-0.05, 0) is 42.3 Å². The van der Waals surface area contributed by atoms with E-state index in [1.165, 1.54) is 0 Å². The van der Waals surface area contributed by atoms with Crippen molar-refractivity contribution in [2.75, 3.05) is 25.1 Å². The lowest BCUT2D eigenvalue weighted by molar-refractivity contribution is 0.102. The number of carbonyl (C=O) groups excluding carboxylic acids is 1. The van der Waals surface area contributed by atoms with E-state index < -0.39 is 0 Å². The monoisotopic (exact) mass is 405 g/mol. The zero-order chi connectivity index (χ0) is 21.2. The average molecular weight is 405 g/mol. The zero-order valence-corrected chi connectivity index (χ0v) is 17.3. The predicted molar refractivity (Wildman–Crippen MR) is 119 cm³/mol. The summed E-state index contributed by atoms with van der Waals surface area (Å²) in [4.78, 5) is 12.8. The minimum absolute atomic E-state index is 0.223. The minimum Gasteiger partial charge on any atom is -0.492 e. The summed E-state index contributed by atoms with van der Waals surface area (Å²) in [7, 11) is 0. The van der Waals surface area contributed by atoms with Crippen molar-refractivity contribution in [2.24, 2.45) is 5.92 Å². The SMILES string of the molecule is CC(C)COc1ccccc1C(=O)Nc1cccc(OCCOc2ccccc2)c1. The van der Waals surface area contributed by atoms with Gasteiger partial charge in [0.05, 0.1) is 12.2 Å². The fourth-order valence-electron chi connectivity index (χ4n) is 2.73. The van der Waals surface area contributed by atoms with Gasteiger partial charge in [0.15, 0.2) is 0 Å². The fourth-order valence-corrected chi connectivity index (χ4v) is 2.73. The maximum Gasteiger partial charge on any atom is 0.259 e. The highest BCUT2D eigenvalue weighted by molar-refractivity contribution is 6.06. The first-order valence-electron chi connectivity index (χ1n) is 10.1. The maximum atomic E-state index is 12.8. The lowest BCUT2D eigenvalue weighted by atomic mass is 10.1. The molecule has 5 nitrogen and oxygen atoms in total. The molecule has 0 atom stereocenters. The van der Waals surface area contributed by atoms with E-state index in [9.17, 15) is 4.79 Å². The molecule has 3 aromatic rings. The Labute approximate surface area is 177 Å². The molecule has 5 heteroatoms.